The molecule has 30 heavy (non-hydrogen) atoms. The number of halogens is 2. The van der Waals surface area contributed by atoms with Crippen molar-refractivity contribution < 1.29 is 21.2 Å². The van der Waals surface area contributed by atoms with Gasteiger partial charge >= 0.3 is 21.2 Å². The normalized spacial score (nSPS) is 9.63. The molecule has 4 aromatic rings. The van der Waals surface area contributed by atoms with Gasteiger partial charge in [-0.1, -0.05) is 89.0 Å². The van der Waals surface area contributed by atoms with Crippen LogP contribution >= 0.6 is 22.6 Å². The minimum absolute atomic E-state index is 0.00313. The maximum absolute atomic E-state index is 2.30. The van der Waals surface area contributed by atoms with Crippen molar-refractivity contribution in [3.8, 4) is 0 Å². The van der Waals surface area contributed by atoms with Crippen molar-refractivity contribution in [2.24, 2.45) is 0 Å². The van der Waals surface area contributed by atoms with Crippen LogP contribution in [-0.2, 0) is 0 Å². The second kappa shape index (κ2) is 13.6. The molecule has 0 atom stereocenters. The Morgan fingerprint density at radius 2 is 0.767 bits per heavy atom. The Bertz CT molecular complexity index is 907. The van der Waals surface area contributed by atoms with E-state index in [0.717, 1.165) is 0 Å². The molecule has 0 saturated carbocycles. The molecule has 4 aromatic carbocycles. The third-order valence-corrected chi connectivity index (χ3v) is 7.59. The first kappa shape index (κ1) is 24.6. The Morgan fingerprint density at radius 1 is 0.433 bits per heavy atom. The van der Waals surface area contributed by atoms with Gasteiger partial charge in [0.2, 0.25) is 0 Å². The molecule has 0 aliphatic carbocycles. The lowest BCUT2D eigenvalue weighted by atomic mass is 10.2. The Labute approximate surface area is 206 Å². The zero-order valence-corrected chi connectivity index (χ0v) is 22.4. The maximum Gasteiger partial charge on any atom is 0.357 e. The quantitative estimate of drug-likeness (QED) is 0.277. The molecule has 4 rings (SSSR count). The molecule has 0 bridgehead atoms. The summed E-state index contributed by atoms with van der Waals surface area (Å²) < 4.78 is 4.28. The van der Waals surface area contributed by atoms with Gasteiger partial charge in [-0.25, -0.2) is 0 Å². The van der Waals surface area contributed by atoms with E-state index in [1.54, 1.807) is 0 Å². The SMILES string of the molecule is Cc1ccc(I)cc1.Cc1ccc([I+]c2ccc(C)cc2)cc1.Cc1ccccc1. The van der Waals surface area contributed by atoms with E-state index in [1.165, 1.54) is 33.0 Å². The Balaban J connectivity index is 0.000000179. The summed E-state index contributed by atoms with van der Waals surface area (Å²) in [4.78, 5) is 0. The molecule has 0 amide bonds. The maximum atomic E-state index is 2.30. The second-order valence-corrected chi connectivity index (χ2v) is 11.4. The van der Waals surface area contributed by atoms with Crippen molar-refractivity contribution in [2.75, 3.05) is 0 Å². The first-order valence-electron chi connectivity index (χ1n) is 9.94. The monoisotopic (exact) mass is 619 g/mol. The minimum atomic E-state index is 0.00313. The summed E-state index contributed by atoms with van der Waals surface area (Å²) in [5, 5.41) is 0. The molecule has 2 heteroatoms. The second-order valence-electron chi connectivity index (χ2n) is 7.14. The molecule has 0 aromatic heterocycles. The summed E-state index contributed by atoms with van der Waals surface area (Å²) in [7, 11) is 0. The predicted octanol–water partition coefficient (Wildman–Crippen LogP) is 5.03. The highest BCUT2D eigenvalue weighted by Gasteiger charge is 2.13. The van der Waals surface area contributed by atoms with Crippen LogP contribution in [0.1, 0.15) is 22.3 Å². The number of rotatable bonds is 2. The van der Waals surface area contributed by atoms with Gasteiger partial charge in [0.15, 0.2) is 7.14 Å². The van der Waals surface area contributed by atoms with Crippen LogP contribution in [0.25, 0.3) is 0 Å². The van der Waals surface area contributed by atoms with Crippen LogP contribution in [0.4, 0.5) is 0 Å². The molecular weight excluding hydrogens is 590 g/mol. The first-order chi connectivity index (χ1) is 14.4. The average Bonchev–Trinajstić information content (AvgIpc) is 2.75. The fourth-order valence-electron chi connectivity index (χ4n) is 2.39. The van der Waals surface area contributed by atoms with Gasteiger partial charge in [-0.3, -0.25) is 0 Å². The zero-order valence-electron chi connectivity index (χ0n) is 18.1. The molecular formula is C28H29I2+. The topological polar surface area (TPSA) is 0 Å². The van der Waals surface area contributed by atoms with E-state index >= 15 is 0 Å². The Hall–Kier alpha value is -1.66. The van der Waals surface area contributed by atoms with Crippen molar-refractivity contribution >= 4 is 22.6 Å². The van der Waals surface area contributed by atoms with E-state index in [-0.39, 0.29) is 21.2 Å². The smallest absolute Gasteiger partial charge is 0.0622 e. The van der Waals surface area contributed by atoms with Crippen LogP contribution in [-0.4, -0.2) is 0 Å². The number of hydrogen-bond acceptors (Lipinski definition) is 0. The van der Waals surface area contributed by atoms with Gasteiger partial charge < -0.3 is 0 Å². The van der Waals surface area contributed by atoms with Crippen molar-refractivity contribution in [1.29, 1.82) is 0 Å². The lowest BCUT2D eigenvalue weighted by Gasteiger charge is -1.90. The standard InChI is InChI=1S/C14H14I.C7H7I.C7H8/c1-11-3-7-13(8-4-11)15-14-9-5-12(2)6-10-14;1-6-2-4-7(8)5-3-6;1-7-5-3-2-4-6-7/h3-10H,1-2H3;2-5H,1H3;2-6H,1H3/q+1;;. The van der Waals surface area contributed by atoms with Gasteiger partial charge in [0, 0.05) is 3.57 Å². The molecule has 0 aliphatic rings. The molecule has 0 saturated heterocycles. The molecule has 0 fully saturated rings. The summed E-state index contributed by atoms with van der Waals surface area (Å²) in [6, 6.07) is 36.5. The van der Waals surface area contributed by atoms with Crippen LogP contribution in [0.2, 0.25) is 0 Å². The van der Waals surface area contributed by atoms with E-state index in [4.69, 9.17) is 0 Å². The largest absolute Gasteiger partial charge is 0.357 e. The summed E-state index contributed by atoms with van der Waals surface area (Å²) >= 11 is 2.30. The van der Waals surface area contributed by atoms with E-state index in [9.17, 15) is 0 Å². The minimum Gasteiger partial charge on any atom is -0.0622 e. The van der Waals surface area contributed by atoms with Crippen molar-refractivity contribution in [1.82, 2.24) is 0 Å². The van der Waals surface area contributed by atoms with Crippen LogP contribution < -0.4 is 21.2 Å². The van der Waals surface area contributed by atoms with Crippen LogP contribution in [0, 0.1) is 38.4 Å². The summed E-state index contributed by atoms with van der Waals surface area (Å²) in [6.07, 6.45) is 0. The van der Waals surface area contributed by atoms with Crippen molar-refractivity contribution in [2.45, 2.75) is 27.7 Å². The molecule has 0 radical (unpaired) electrons. The lowest BCUT2D eigenvalue weighted by molar-refractivity contribution is -0.597. The molecule has 0 spiro atoms. The van der Waals surface area contributed by atoms with Crippen LogP contribution in [0.15, 0.2) is 103 Å². The Morgan fingerprint density at radius 3 is 1.07 bits per heavy atom. The highest BCUT2D eigenvalue weighted by atomic mass is 127. The number of aryl methyl sites for hydroxylation is 4. The summed E-state index contributed by atoms with van der Waals surface area (Å²) in [5.41, 5.74) is 5.33. The van der Waals surface area contributed by atoms with Gasteiger partial charge in [-0.2, -0.15) is 0 Å². The van der Waals surface area contributed by atoms with Gasteiger partial charge in [0.25, 0.3) is 0 Å². The van der Waals surface area contributed by atoms with Crippen LogP contribution in [0.3, 0.4) is 0 Å². The number of benzene rings is 4. The fraction of sp³-hybridized carbons (Fsp3) is 0.143. The fourth-order valence-corrected chi connectivity index (χ4v) is 4.90. The van der Waals surface area contributed by atoms with Gasteiger partial charge in [-0.05, 0) is 86.7 Å². The van der Waals surface area contributed by atoms with Crippen LogP contribution in [0.5, 0.6) is 0 Å². The predicted molar refractivity (Wildman–Crippen MR) is 135 cm³/mol. The highest BCUT2D eigenvalue weighted by molar-refractivity contribution is 14.1. The third kappa shape index (κ3) is 10.4. The van der Waals surface area contributed by atoms with Crippen molar-refractivity contribution in [3.05, 3.63) is 136 Å². The summed E-state index contributed by atoms with van der Waals surface area (Å²) in [6.45, 7) is 8.44. The molecule has 0 N–H and O–H groups in total. The van der Waals surface area contributed by atoms with Gasteiger partial charge in [-0.15, -0.1) is 0 Å². The summed E-state index contributed by atoms with van der Waals surface area (Å²) in [5.74, 6) is 0. The molecule has 0 aliphatic heterocycles. The first-order valence-corrected chi connectivity index (χ1v) is 13.2. The molecule has 0 unspecified atom stereocenters. The van der Waals surface area contributed by atoms with E-state index < -0.39 is 0 Å². The molecule has 0 heterocycles. The lowest BCUT2D eigenvalue weighted by Crippen LogP contribution is -3.61. The van der Waals surface area contributed by atoms with Crippen molar-refractivity contribution in [3.63, 3.8) is 0 Å². The van der Waals surface area contributed by atoms with Gasteiger partial charge in [0.05, 0.1) is 0 Å². The van der Waals surface area contributed by atoms with E-state index in [2.05, 4.69) is 135 Å². The zero-order chi connectivity index (χ0) is 21.8. The molecule has 0 nitrogen and oxygen atoms in total. The Kier molecular flexibility index (Phi) is 11.2. The van der Waals surface area contributed by atoms with Gasteiger partial charge in [0.1, 0.15) is 0 Å². The number of hydrogen-bond donors (Lipinski definition) is 0. The third-order valence-electron chi connectivity index (χ3n) is 4.19. The highest BCUT2D eigenvalue weighted by Crippen LogP contribution is 2.04. The van der Waals surface area contributed by atoms with E-state index in [0.29, 0.717) is 0 Å². The van der Waals surface area contributed by atoms with E-state index in [1.807, 2.05) is 18.2 Å². The molecule has 154 valence electrons. The average molecular weight is 619 g/mol.